The van der Waals surface area contributed by atoms with E-state index in [-0.39, 0.29) is 10.0 Å². The highest BCUT2D eigenvalue weighted by molar-refractivity contribution is 7.89. The maximum atomic E-state index is 12.2. The Hall–Kier alpha value is -0.990. The number of aromatic amines is 1. The van der Waals surface area contributed by atoms with Crippen LogP contribution >= 0.6 is 12.2 Å². The van der Waals surface area contributed by atoms with Gasteiger partial charge in [0.1, 0.15) is 0 Å². The van der Waals surface area contributed by atoms with E-state index < -0.39 is 15.6 Å². The molecule has 0 saturated heterocycles. The molecule has 0 unspecified atom stereocenters. The highest BCUT2D eigenvalue weighted by atomic mass is 32.2. The average molecular weight is 288 g/mol. The summed E-state index contributed by atoms with van der Waals surface area (Å²) in [6, 6.07) is 1.40. The molecule has 1 aromatic rings. The molecular weight excluding hydrogens is 272 g/mol. The van der Waals surface area contributed by atoms with E-state index in [1.807, 2.05) is 0 Å². The van der Waals surface area contributed by atoms with Crippen LogP contribution in [0.15, 0.2) is 17.3 Å². The quantitative estimate of drug-likeness (QED) is 0.707. The molecule has 2 rings (SSSR count). The molecule has 0 spiro atoms. The molecule has 0 atom stereocenters. The summed E-state index contributed by atoms with van der Waals surface area (Å²) in [5.41, 5.74) is 4.95. The van der Waals surface area contributed by atoms with Crippen molar-refractivity contribution in [2.24, 2.45) is 5.73 Å². The SMILES string of the molecule is NC(=S)C1(NS(=O)(=O)c2ccn[nH]2)CCCCC1. The van der Waals surface area contributed by atoms with Crippen LogP contribution in [0.1, 0.15) is 32.1 Å². The van der Waals surface area contributed by atoms with Crippen molar-refractivity contribution in [2.45, 2.75) is 42.7 Å². The molecule has 18 heavy (non-hydrogen) atoms. The Morgan fingerprint density at radius 2 is 2.11 bits per heavy atom. The van der Waals surface area contributed by atoms with Gasteiger partial charge in [-0.1, -0.05) is 31.5 Å². The number of hydrogen-bond donors (Lipinski definition) is 3. The molecule has 1 heterocycles. The Labute approximate surface area is 111 Å². The number of aromatic nitrogens is 2. The van der Waals surface area contributed by atoms with Gasteiger partial charge in [-0.2, -0.15) is 9.82 Å². The lowest BCUT2D eigenvalue weighted by Crippen LogP contribution is -2.57. The van der Waals surface area contributed by atoms with Gasteiger partial charge >= 0.3 is 0 Å². The minimum atomic E-state index is -3.66. The second-order valence-electron chi connectivity index (χ2n) is 4.53. The van der Waals surface area contributed by atoms with E-state index in [1.54, 1.807) is 0 Å². The predicted molar refractivity (Wildman–Crippen MR) is 71.5 cm³/mol. The van der Waals surface area contributed by atoms with Crippen LogP contribution in [0.4, 0.5) is 0 Å². The molecule has 0 aliphatic heterocycles. The third kappa shape index (κ3) is 2.55. The minimum absolute atomic E-state index is 0.0312. The molecule has 0 amide bonds. The minimum Gasteiger partial charge on any atom is -0.392 e. The second-order valence-corrected chi connectivity index (χ2v) is 6.62. The Balaban J connectivity index is 2.27. The second kappa shape index (κ2) is 4.94. The fourth-order valence-electron chi connectivity index (χ4n) is 2.26. The van der Waals surface area contributed by atoms with E-state index in [0.717, 1.165) is 19.3 Å². The van der Waals surface area contributed by atoms with Crippen molar-refractivity contribution in [2.75, 3.05) is 0 Å². The van der Waals surface area contributed by atoms with E-state index in [9.17, 15) is 8.42 Å². The maximum Gasteiger partial charge on any atom is 0.258 e. The predicted octanol–water partition coefficient (Wildman–Crippen LogP) is 0.677. The number of H-pyrrole nitrogens is 1. The Morgan fingerprint density at radius 1 is 1.44 bits per heavy atom. The first-order valence-electron chi connectivity index (χ1n) is 5.80. The highest BCUT2D eigenvalue weighted by Gasteiger charge is 2.39. The molecular formula is C10H16N4O2S2. The van der Waals surface area contributed by atoms with Crippen LogP contribution in [0.25, 0.3) is 0 Å². The summed E-state index contributed by atoms with van der Waals surface area (Å²) in [5.74, 6) is 0. The number of sulfonamides is 1. The molecule has 100 valence electrons. The van der Waals surface area contributed by atoms with E-state index in [2.05, 4.69) is 14.9 Å². The first-order valence-corrected chi connectivity index (χ1v) is 7.69. The lowest BCUT2D eigenvalue weighted by molar-refractivity contribution is 0.353. The normalized spacial score (nSPS) is 19.6. The zero-order chi connectivity index (χ0) is 13.2. The smallest absolute Gasteiger partial charge is 0.258 e. The molecule has 1 aromatic heterocycles. The van der Waals surface area contributed by atoms with Crippen LogP contribution in [0.2, 0.25) is 0 Å². The number of thiocarbonyl (C=S) groups is 1. The lowest BCUT2D eigenvalue weighted by atomic mass is 9.82. The monoisotopic (exact) mass is 288 g/mol. The summed E-state index contributed by atoms with van der Waals surface area (Å²) in [6.07, 6.45) is 5.61. The van der Waals surface area contributed by atoms with Gasteiger partial charge in [0, 0.05) is 0 Å². The molecule has 0 radical (unpaired) electrons. The Kier molecular flexibility index (Phi) is 3.69. The molecule has 0 aromatic carbocycles. The largest absolute Gasteiger partial charge is 0.392 e. The summed E-state index contributed by atoms with van der Waals surface area (Å²) in [4.78, 5) is 0.213. The Morgan fingerprint density at radius 3 is 2.61 bits per heavy atom. The molecule has 1 saturated carbocycles. The zero-order valence-corrected chi connectivity index (χ0v) is 11.5. The molecule has 1 fully saturated rings. The Bertz CT molecular complexity index is 518. The van der Waals surface area contributed by atoms with Gasteiger partial charge in [0.15, 0.2) is 5.03 Å². The van der Waals surface area contributed by atoms with E-state index in [0.29, 0.717) is 12.8 Å². The average Bonchev–Trinajstić information content (AvgIpc) is 2.83. The number of rotatable bonds is 4. The van der Waals surface area contributed by atoms with Crippen molar-refractivity contribution in [3.63, 3.8) is 0 Å². The number of nitrogens with zero attached hydrogens (tertiary/aromatic N) is 1. The van der Waals surface area contributed by atoms with Crippen molar-refractivity contribution >= 4 is 27.2 Å². The van der Waals surface area contributed by atoms with Crippen molar-refractivity contribution in [1.82, 2.24) is 14.9 Å². The summed E-state index contributed by atoms with van der Waals surface area (Å²) in [6.45, 7) is 0. The molecule has 4 N–H and O–H groups in total. The first-order chi connectivity index (χ1) is 8.46. The van der Waals surface area contributed by atoms with Crippen LogP contribution in [0.5, 0.6) is 0 Å². The van der Waals surface area contributed by atoms with Crippen LogP contribution < -0.4 is 10.5 Å². The highest BCUT2D eigenvalue weighted by Crippen LogP contribution is 2.30. The summed E-state index contributed by atoms with van der Waals surface area (Å²) < 4.78 is 27.0. The van der Waals surface area contributed by atoms with Gasteiger partial charge in [0.2, 0.25) is 0 Å². The zero-order valence-electron chi connectivity index (χ0n) is 9.85. The van der Waals surface area contributed by atoms with Gasteiger partial charge in [-0.3, -0.25) is 5.10 Å². The van der Waals surface area contributed by atoms with Gasteiger partial charge in [-0.15, -0.1) is 0 Å². The summed E-state index contributed by atoms with van der Waals surface area (Å²) in [5, 5.41) is 6.11. The summed E-state index contributed by atoms with van der Waals surface area (Å²) in [7, 11) is -3.66. The maximum absolute atomic E-state index is 12.2. The fourth-order valence-corrected chi connectivity index (χ4v) is 3.93. The molecule has 6 nitrogen and oxygen atoms in total. The van der Waals surface area contributed by atoms with Crippen molar-refractivity contribution in [3.05, 3.63) is 12.3 Å². The van der Waals surface area contributed by atoms with Gasteiger partial charge in [-0.25, -0.2) is 8.42 Å². The van der Waals surface area contributed by atoms with E-state index in [4.69, 9.17) is 18.0 Å². The third-order valence-corrected chi connectivity index (χ3v) is 5.13. The lowest BCUT2D eigenvalue weighted by Gasteiger charge is -2.36. The van der Waals surface area contributed by atoms with E-state index >= 15 is 0 Å². The molecule has 0 bridgehead atoms. The number of nitrogens with one attached hydrogen (secondary N) is 2. The van der Waals surface area contributed by atoms with Crippen molar-refractivity contribution in [3.8, 4) is 0 Å². The van der Waals surface area contributed by atoms with Gasteiger partial charge in [0.25, 0.3) is 10.0 Å². The van der Waals surface area contributed by atoms with Gasteiger partial charge in [-0.05, 0) is 18.9 Å². The van der Waals surface area contributed by atoms with Gasteiger partial charge < -0.3 is 5.73 Å². The number of hydrogen-bond acceptors (Lipinski definition) is 4. The summed E-state index contributed by atoms with van der Waals surface area (Å²) >= 11 is 5.05. The van der Waals surface area contributed by atoms with Crippen LogP contribution in [-0.2, 0) is 10.0 Å². The molecule has 8 heteroatoms. The third-order valence-electron chi connectivity index (χ3n) is 3.27. The standard InChI is InChI=1S/C10H16N4O2S2/c11-9(17)10(5-2-1-3-6-10)14-18(15,16)8-4-7-12-13-8/h4,7,14H,1-3,5-6H2,(H2,11,17)(H,12,13). The van der Waals surface area contributed by atoms with Crippen LogP contribution in [-0.4, -0.2) is 29.1 Å². The first kappa shape index (κ1) is 13.4. The molecule has 1 aliphatic rings. The molecule has 1 aliphatic carbocycles. The topological polar surface area (TPSA) is 101 Å². The van der Waals surface area contributed by atoms with Crippen LogP contribution in [0.3, 0.4) is 0 Å². The fraction of sp³-hybridized carbons (Fsp3) is 0.600. The van der Waals surface area contributed by atoms with E-state index in [1.165, 1.54) is 12.3 Å². The van der Waals surface area contributed by atoms with Crippen molar-refractivity contribution < 1.29 is 8.42 Å². The van der Waals surface area contributed by atoms with Crippen LogP contribution in [0, 0.1) is 0 Å². The number of nitrogens with two attached hydrogens (primary N) is 1. The van der Waals surface area contributed by atoms with Crippen molar-refractivity contribution in [1.29, 1.82) is 0 Å². The van der Waals surface area contributed by atoms with Gasteiger partial charge in [0.05, 0.1) is 16.7 Å².